The Morgan fingerprint density at radius 1 is 1.44 bits per heavy atom. The molecule has 1 aromatic carbocycles. The third kappa shape index (κ3) is 1.65. The van der Waals surface area contributed by atoms with E-state index in [0.29, 0.717) is 17.1 Å². The highest BCUT2D eigenvalue weighted by Gasteiger charge is 2.14. The summed E-state index contributed by atoms with van der Waals surface area (Å²) in [6.45, 7) is 1.85. The molecule has 0 atom stereocenters. The highest BCUT2D eigenvalue weighted by molar-refractivity contribution is 6.33. The molecule has 0 saturated carbocycles. The second-order valence-corrected chi connectivity index (χ2v) is 4.01. The quantitative estimate of drug-likeness (QED) is 0.832. The van der Waals surface area contributed by atoms with Crippen molar-refractivity contribution < 1.29 is 4.39 Å². The molecule has 84 valence electrons. The van der Waals surface area contributed by atoms with Crippen LogP contribution in [0.2, 0.25) is 5.02 Å². The molecule has 1 heterocycles. The van der Waals surface area contributed by atoms with Crippen molar-refractivity contribution in [1.82, 2.24) is 9.78 Å². The van der Waals surface area contributed by atoms with Crippen molar-refractivity contribution >= 4 is 17.4 Å². The summed E-state index contributed by atoms with van der Waals surface area (Å²) in [5, 5.41) is 4.27. The minimum atomic E-state index is -0.452. The van der Waals surface area contributed by atoms with E-state index in [-0.39, 0.29) is 5.02 Å². The molecular formula is C11H11ClFN3. The Kier molecular flexibility index (Phi) is 2.59. The predicted molar refractivity (Wildman–Crippen MR) is 62.8 cm³/mol. The molecule has 2 aromatic rings. The summed E-state index contributed by atoms with van der Waals surface area (Å²) in [5.41, 5.74) is 7.72. The summed E-state index contributed by atoms with van der Waals surface area (Å²) < 4.78 is 14.9. The lowest BCUT2D eigenvalue weighted by Crippen LogP contribution is -1.97. The zero-order valence-corrected chi connectivity index (χ0v) is 9.72. The van der Waals surface area contributed by atoms with Gasteiger partial charge in [-0.1, -0.05) is 17.7 Å². The van der Waals surface area contributed by atoms with Crippen LogP contribution >= 0.6 is 11.6 Å². The molecule has 0 radical (unpaired) electrons. The van der Waals surface area contributed by atoms with Crippen LogP contribution in [0.5, 0.6) is 0 Å². The van der Waals surface area contributed by atoms with Crippen LogP contribution in [0.25, 0.3) is 11.3 Å². The van der Waals surface area contributed by atoms with Crippen LogP contribution in [0.15, 0.2) is 18.2 Å². The van der Waals surface area contributed by atoms with Crippen LogP contribution in [0, 0.1) is 12.7 Å². The van der Waals surface area contributed by atoms with Crippen molar-refractivity contribution in [2.24, 2.45) is 7.05 Å². The Morgan fingerprint density at radius 2 is 2.12 bits per heavy atom. The van der Waals surface area contributed by atoms with Gasteiger partial charge in [0.25, 0.3) is 0 Å². The minimum absolute atomic E-state index is 0.0816. The van der Waals surface area contributed by atoms with Crippen LogP contribution < -0.4 is 5.73 Å². The molecule has 0 aliphatic heterocycles. The average molecular weight is 240 g/mol. The van der Waals surface area contributed by atoms with Crippen LogP contribution in [0.3, 0.4) is 0 Å². The van der Waals surface area contributed by atoms with Gasteiger partial charge in [-0.3, -0.25) is 4.68 Å². The summed E-state index contributed by atoms with van der Waals surface area (Å²) in [7, 11) is 1.72. The number of benzene rings is 1. The van der Waals surface area contributed by atoms with Gasteiger partial charge in [-0.05, 0) is 18.6 Å². The number of aryl methyl sites for hydroxylation is 2. The number of nitrogens with two attached hydrogens (primary N) is 1. The third-order valence-corrected chi connectivity index (χ3v) is 2.84. The maximum Gasteiger partial charge on any atom is 0.142 e. The molecule has 16 heavy (non-hydrogen) atoms. The summed E-state index contributed by atoms with van der Waals surface area (Å²) >= 11 is 5.93. The molecule has 0 bridgehead atoms. The number of hydrogen-bond acceptors (Lipinski definition) is 2. The molecule has 0 spiro atoms. The Balaban J connectivity index is 2.68. The molecule has 2 rings (SSSR count). The molecule has 5 heteroatoms. The molecule has 0 unspecified atom stereocenters. The first kappa shape index (κ1) is 11.0. The molecule has 0 aliphatic rings. The van der Waals surface area contributed by atoms with E-state index >= 15 is 0 Å². The van der Waals surface area contributed by atoms with Gasteiger partial charge in [0.15, 0.2) is 0 Å². The molecule has 0 fully saturated rings. The topological polar surface area (TPSA) is 43.8 Å². The fraction of sp³-hybridized carbons (Fsp3) is 0.182. The van der Waals surface area contributed by atoms with E-state index in [2.05, 4.69) is 5.10 Å². The van der Waals surface area contributed by atoms with Crippen molar-refractivity contribution in [2.45, 2.75) is 6.92 Å². The summed E-state index contributed by atoms with van der Waals surface area (Å²) in [6, 6.07) is 4.68. The predicted octanol–water partition coefficient (Wildman–Crippen LogP) is 2.77. The van der Waals surface area contributed by atoms with E-state index in [0.717, 1.165) is 5.56 Å². The molecule has 0 saturated heterocycles. The number of hydrogen-bond donors (Lipinski definition) is 1. The lowest BCUT2D eigenvalue weighted by Gasteiger charge is -2.05. The van der Waals surface area contributed by atoms with Gasteiger partial charge >= 0.3 is 0 Å². The van der Waals surface area contributed by atoms with E-state index in [1.807, 2.05) is 6.92 Å². The van der Waals surface area contributed by atoms with Crippen LogP contribution in [0.4, 0.5) is 10.2 Å². The van der Waals surface area contributed by atoms with Gasteiger partial charge in [0.1, 0.15) is 11.6 Å². The smallest absolute Gasteiger partial charge is 0.142 e. The minimum Gasteiger partial charge on any atom is -0.384 e. The Hall–Kier alpha value is -1.55. The van der Waals surface area contributed by atoms with E-state index in [9.17, 15) is 4.39 Å². The Labute approximate surface area is 97.6 Å². The van der Waals surface area contributed by atoms with E-state index < -0.39 is 5.82 Å². The monoisotopic (exact) mass is 239 g/mol. The standard InChI is InChI=1S/C11H11ClFN3/c1-6-3-4-7(13)11(12)10(6)8-5-9(14)16(2)15-8/h3-5H,14H2,1-2H3. The van der Waals surface area contributed by atoms with Gasteiger partial charge in [-0.25, -0.2) is 4.39 Å². The van der Waals surface area contributed by atoms with E-state index in [1.54, 1.807) is 19.2 Å². The Morgan fingerprint density at radius 3 is 2.69 bits per heavy atom. The number of nitrogens with zero attached hydrogens (tertiary/aromatic N) is 2. The molecular weight excluding hydrogens is 229 g/mol. The fourth-order valence-electron chi connectivity index (χ4n) is 1.57. The van der Waals surface area contributed by atoms with Gasteiger partial charge in [0.2, 0.25) is 0 Å². The van der Waals surface area contributed by atoms with Gasteiger partial charge < -0.3 is 5.73 Å². The maximum absolute atomic E-state index is 13.4. The van der Waals surface area contributed by atoms with Crippen LogP contribution in [-0.4, -0.2) is 9.78 Å². The summed E-state index contributed by atoms with van der Waals surface area (Å²) in [6.07, 6.45) is 0. The molecule has 0 aliphatic carbocycles. The number of anilines is 1. The highest BCUT2D eigenvalue weighted by Crippen LogP contribution is 2.32. The van der Waals surface area contributed by atoms with Crippen molar-refractivity contribution in [3.8, 4) is 11.3 Å². The zero-order chi connectivity index (χ0) is 11.9. The number of nitrogen functional groups attached to an aromatic ring is 1. The number of aromatic nitrogens is 2. The van der Waals surface area contributed by atoms with Crippen LogP contribution in [0.1, 0.15) is 5.56 Å². The fourth-order valence-corrected chi connectivity index (χ4v) is 1.87. The molecule has 3 nitrogen and oxygen atoms in total. The maximum atomic E-state index is 13.4. The van der Waals surface area contributed by atoms with Gasteiger partial charge in [-0.15, -0.1) is 0 Å². The average Bonchev–Trinajstić information content (AvgIpc) is 2.54. The molecule has 1 aromatic heterocycles. The second kappa shape index (κ2) is 3.79. The lowest BCUT2D eigenvalue weighted by molar-refractivity contribution is 0.628. The first-order chi connectivity index (χ1) is 7.50. The lowest BCUT2D eigenvalue weighted by atomic mass is 10.1. The first-order valence-electron chi connectivity index (χ1n) is 4.75. The van der Waals surface area contributed by atoms with E-state index in [1.165, 1.54) is 10.7 Å². The Bertz CT molecular complexity index is 529. The third-order valence-electron chi connectivity index (χ3n) is 2.48. The first-order valence-corrected chi connectivity index (χ1v) is 5.13. The van der Waals surface area contributed by atoms with Crippen LogP contribution in [-0.2, 0) is 7.05 Å². The normalized spacial score (nSPS) is 10.8. The van der Waals surface area contributed by atoms with Gasteiger partial charge in [0.05, 0.1) is 10.7 Å². The molecule has 2 N–H and O–H groups in total. The highest BCUT2D eigenvalue weighted by atomic mass is 35.5. The van der Waals surface area contributed by atoms with Gasteiger partial charge in [0, 0.05) is 18.7 Å². The van der Waals surface area contributed by atoms with Gasteiger partial charge in [-0.2, -0.15) is 5.10 Å². The van der Waals surface area contributed by atoms with Crippen molar-refractivity contribution in [3.63, 3.8) is 0 Å². The summed E-state index contributed by atoms with van der Waals surface area (Å²) in [4.78, 5) is 0. The van der Waals surface area contributed by atoms with Crippen molar-refractivity contribution in [3.05, 3.63) is 34.6 Å². The van der Waals surface area contributed by atoms with Crippen molar-refractivity contribution in [2.75, 3.05) is 5.73 Å². The second-order valence-electron chi connectivity index (χ2n) is 3.63. The summed E-state index contributed by atoms with van der Waals surface area (Å²) in [5.74, 6) is 0.0567. The number of rotatable bonds is 1. The van der Waals surface area contributed by atoms with E-state index in [4.69, 9.17) is 17.3 Å². The largest absolute Gasteiger partial charge is 0.384 e. The van der Waals surface area contributed by atoms with Crippen molar-refractivity contribution in [1.29, 1.82) is 0 Å². The molecule has 0 amide bonds. The number of halogens is 2. The zero-order valence-electron chi connectivity index (χ0n) is 8.96. The SMILES string of the molecule is Cc1ccc(F)c(Cl)c1-c1cc(N)n(C)n1.